The van der Waals surface area contributed by atoms with Crippen LogP contribution in [0, 0.1) is 5.82 Å². The molecule has 5 rings (SSSR count). The third kappa shape index (κ3) is 6.32. The summed E-state index contributed by atoms with van der Waals surface area (Å²) in [4.78, 5) is 14.6. The molecule has 3 aromatic carbocycles. The molecule has 0 spiro atoms. The van der Waals surface area contributed by atoms with E-state index in [9.17, 15) is 9.18 Å². The van der Waals surface area contributed by atoms with Crippen LogP contribution in [0.15, 0.2) is 85.1 Å². The molecule has 2 atom stereocenters. The maximum atomic E-state index is 13.4. The van der Waals surface area contributed by atoms with Gasteiger partial charge in [-0.3, -0.25) is 4.79 Å². The monoisotopic (exact) mass is 561 g/mol. The quantitative estimate of drug-likeness (QED) is 0.200. The van der Waals surface area contributed by atoms with Gasteiger partial charge in [-0.05, 0) is 79.2 Å². The first-order valence-electron chi connectivity index (χ1n) is 12.4. The summed E-state index contributed by atoms with van der Waals surface area (Å²) in [5.74, 6) is 0.833. The summed E-state index contributed by atoms with van der Waals surface area (Å²) >= 11 is 1.40. The molecule has 7 nitrogen and oxygen atoms in total. The zero-order chi connectivity index (χ0) is 27.4. The van der Waals surface area contributed by atoms with Gasteiger partial charge in [0.05, 0.1) is 42.0 Å². The number of fused-ring (bicyclic) bond motifs is 1. The van der Waals surface area contributed by atoms with Gasteiger partial charge in [-0.15, -0.1) is 11.3 Å². The Morgan fingerprint density at radius 2 is 1.82 bits per heavy atom. The Morgan fingerprint density at radius 3 is 2.58 bits per heavy atom. The van der Waals surface area contributed by atoms with Gasteiger partial charge in [-0.25, -0.2) is 9.07 Å². The van der Waals surface area contributed by atoms with E-state index in [4.69, 9.17) is 14.2 Å². The molecule has 0 fully saturated rings. The number of nitrogens with one attached hydrogen (secondary N) is 1. The minimum absolute atomic E-state index is 0. The first kappa shape index (κ1) is 28.8. The van der Waals surface area contributed by atoms with Gasteiger partial charge in [0.1, 0.15) is 23.4 Å². The molecule has 5 aromatic rings. The van der Waals surface area contributed by atoms with Crippen LogP contribution in [-0.4, -0.2) is 35.9 Å². The second-order valence-corrected chi connectivity index (χ2v) is 10.2. The van der Waals surface area contributed by atoms with Crippen molar-refractivity contribution in [3.63, 3.8) is 0 Å². The average molecular weight is 562 g/mol. The Hall–Kier alpha value is -4.21. The summed E-state index contributed by atoms with van der Waals surface area (Å²) in [5, 5.41) is 8.43. The fourth-order valence-electron chi connectivity index (χ4n) is 4.37. The van der Waals surface area contributed by atoms with Crippen LogP contribution in [-0.2, 0) is 11.3 Å². The number of ether oxygens (including phenoxy) is 3. The number of benzene rings is 3. The van der Waals surface area contributed by atoms with E-state index in [0.717, 1.165) is 27.0 Å². The van der Waals surface area contributed by atoms with E-state index in [1.807, 2.05) is 55.5 Å². The number of nitrogens with zero attached hydrogens (tertiary/aromatic N) is 2. The van der Waals surface area contributed by atoms with Crippen molar-refractivity contribution in [1.29, 1.82) is 0 Å². The van der Waals surface area contributed by atoms with Gasteiger partial charge in [-0.1, -0.05) is 19.6 Å². The van der Waals surface area contributed by atoms with Crippen LogP contribution >= 0.6 is 11.3 Å². The summed E-state index contributed by atoms with van der Waals surface area (Å²) < 4.78 is 32.3. The molecule has 2 heterocycles. The van der Waals surface area contributed by atoms with Crippen LogP contribution < -0.4 is 14.8 Å². The summed E-state index contributed by atoms with van der Waals surface area (Å²) in [6.07, 6.45) is 1.23. The highest BCUT2D eigenvalue weighted by Gasteiger charge is 2.25. The van der Waals surface area contributed by atoms with Crippen LogP contribution in [0.5, 0.6) is 11.5 Å². The maximum absolute atomic E-state index is 13.4. The lowest BCUT2D eigenvalue weighted by atomic mass is 10.0. The fourth-order valence-corrected chi connectivity index (χ4v) is 5.25. The predicted octanol–water partition coefficient (Wildman–Crippen LogP) is 6.96. The van der Waals surface area contributed by atoms with Crippen LogP contribution in [0.2, 0.25) is 0 Å². The number of halogens is 1. The average Bonchev–Trinajstić information content (AvgIpc) is 3.59. The van der Waals surface area contributed by atoms with Crippen LogP contribution in [0.3, 0.4) is 0 Å². The molecule has 208 valence electrons. The van der Waals surface area contributed by atoms with E-state index >= 15 is 0 Å². The second-order valence-electron chi connectivity index (χ2n) is 9.03. The minimum atomic E-state index is -0.507. The van der Waals surface area contributed by atoms with Gasteiger partial charge < -0.3 is 19.5 Å². The molecular formula is C31H32FN3O4S. The Kier molecular flexibility index (Phi) is 9.19. The molecule has 0 bridgehead atoms. The number of methoxy groups -OCH3 is 2. The lowest BCUT2D eigenvalue weighted by molar-refractivity contribution is 0.0886. The third-order valence-electron chi connectivity index (χ3n) is 6.28. The van der Waals surface area contributed by atoms with Crippen molar-refractivity contribution in [2.75, 3.05) is 14.2 Å². The number of hydrogen-bond donors (Lipinski definition) is 1. The zero-order valence-corrected chi connectivity index (χ0v) is 22.6. The SMILES string of the molecule is C.COCc1ccc(C(=O)N[C@@H](C)[C@H](Oc2ccc3c(cnn3-c3ccc(F)cc3)c2)c2cccc(OC)c2)s1. The van der Waals surface area contributed by atoms with Crippen molar-refractivity contribution < 1.29 is 23.4 Å². The fraction of sp³-hybridized carbons (Fsp3) is 0.226. The van der Waals surface area contributed by atoms with Crippen molar-refractivity contribution in [2.24, 2.45) is 0 Å². The number of amides is 1. The molecule has 0 saturated heterocycles. The molecule has 0 aliphatic rings. The molecule has 2 aromatic heterocycles. The molecule has 0 radical (unpaired) electrons. The predicted molar refractivity (Wildman–Crippen MR) is 156 cm³/mol. The molecular weight excluding hydrogens is 529 g/mol. The molecule has 0 unspecified atom stereocenters. The molecule has 0 aliphatic heterocycles. The lowest BCUT2D eigenvalue weighted by Gasteiger charge is -2.27. The van der Waals surface area contributed by atoms with Crippen molar-refractivity contribution in [2.45, 2.75) is 33.1 Å². The van der Waals surface area contributed by atoms with Gasteiger partial charge >= 0.3 is 0 Å². The third-order valence-corrected chi connectivity index (χ3v) is 7.34. The topological polar surface area (TPSA) is 74.6 Å². The summed E-state index contributed by atoms with van der Waals surface area (Å²) in [7, 11) is 3.24. The molecule has 1 N–H and O–H groups in total. The van der Waals surface area contributed by atoms with Crippen molar-refractivity contribution >= 4 is 28.1 Å². The highest BCUT2D eigenvalue weighted by atomic mass is 32.1. The number of rotatable bonds is 10. The van der Waals surface area contributed by atoms with E-state index < -0.39 is 6.10 Å². The van der Waals surface area contributed by atoms with Gasteiger partial charge in [0.2, 0.25) is 0 Å². The van der Waals surface area contributed by atoms with Crippen LogP contribution in [0.1, 0.15) is 40.6 Å². The zero-order valence-electron chi connectivity index (χ0n) is 21.8. The largest absolute Gasteiger partial charge is 0.497 e. The van der Waals surface area contributed by atoms with E-state index in [0.29, 0.717) is 23.0 Å². The van der Waals surface area contributed by atoms with Gasteiger partial charge in [0.15, 0.2) is 0 Å². The Morgan fingerprint density at radius 1 is 1.02 bits per heavy atom. The van der Waals surface area contributed by atoms with Crippen molar-refractivity contribution in [1.82, 2.24) is 15.1 Å². The van der Waals surface area contributed by atoms with Gasteiger partial charge in [0, 0.05) is 17.4 Å². The van der Waals surface area contributed by atoms with Gasteiger partial charge in [-0.2, -0.15) is 5.10 Å². The Balaban J connectivity index is 0.00000370. The standard InChI is InChI=1S/C30H28FN3O4S.CH4/c1-19(33-30(35)28-14-12-26(39-28)18-36-2)29(20-5-4-6-24(15-20)37-3)38-25-11-13-27-21(16-25)17-32-34(27)23-9-7-22(31)8-10-23;/h4-17,19,29H,18H2,1-3H3,(H,33,35);1H4/t19-,29-;/m0./s1. The molecule has 1 amide bonds. The van der Waals surface area contributed by atoms with Crippen LogP contribution in [0.4, 0.5) is 4.39 Å². The first-order valence-corrected chi connectivity index (χ1v) is 13.2. The molecule has 40 heavy (non-hydrogen) atoms. The summed E-state index contributed by atoms with van der Waals surface area (Å²) in [5.41, 5.74) is 2.47. The normalized spacial score (nSPS) is 12.4. The Labute approximate surface area is 237 Å². The van der Waals surface area contributed by atoms with E-state index in [-0.39, 0.29) is 25.2 Å². The summed E-state index contributed by atoms with van der Waals surface area (Å²) in [6.45, 7) is 2.38. The molecule has 9 heteroatoms. The lowest BCUT2D eigenvalue weighted by Crippen LogP contribution is -2.39. The first-order chi connectivity index (χ1) is 18.9. The highest BCUT2D eigenvalue weighted by molar-refractivity contribution is 7.14. The molecule has 0 saturated carbocycles. The number of carbonyl (C=O) groups excluding carboxylic acids is 1. The number of carbonyl (C=O) groups is 1. The van der Waals surface area contributed by atoms with Crippen molar-refractivity contribution in [3.05, 3.63) is 106 Å². The Bertz CT molecular complexity index is 1580. The number of aromatic nitrogens is 2. The smallest absolute Gasteiger partial charge is 0.261 e. The molecule has 0 aliphatic carbocycles. The summed E-state index contributed by atoms with van der Waals surface area (Å²) in [6, 6.07) is 22.8. The number of thiophene rings is 1. The van der Waals surface area contributed by atoms with Gasteiger partial charge in [0.25, 0.3) is 5.91 Å². The highest BCUT2D eigenvalue weighted by Crippen LogP contribution is 2.31. The van der Waals surface area contributed by atoms with Crippen molar-refractivity contribution in [3.8, 4) is 17.2 Å². The number of hydrogen-bond acceptors (Lipinski definition) is 6. The second kappa shape index (κ2) is 12.8. The van der Waals surface area contributed by atoms with E-state index in [1.54, 1.807) is 43.3 Å². The van der Waals surface area contributed by atoms with Crippen LogP contribution in [0.25, 0.3) is 16.6 Å². The van der Waals surface area contributed by atoms with E-state index in [2.05, 4.69) is 10.4 Å². The van der Waals surface area contributed by atoms with E-state index in [1.165, 1.54) is 23.5 Å². The maximum Gasteiger partial charge on any atom is 0.261 e. The minimum Gasteiger partial charge on any atom is -0.497 e.